The molecule has 2 atom stereocenters. The zero-order valence-electron chi connectivity index (χ0n) is 10.8. The number of halogens is 1. The predicted molar refractivity (Wildman–Crippen MR) is 70.8 cm³/mol. The number of likely N-dealkylation sites (N-methyl/N-ethyl adjacent to an activating group) is 1. The maximum atomic E-state index is 11.6. The Morgan fingerprint density at radius 3 is 2.78 bits per heavy atom. The second kappa shape index (κ2) is 9.13. The molecule has 0 spiro atoms. The maximum absolute atomic E-state index is 11.6. The van der Waals surface area contributed by atoms with Gasteiger partial charge in [0, 0.05) is 25.6 Å². The van der Waals surface area contributed by atoms with Crippen molar-refractivity contribution in [1.82, 2.24) is 16.0 Å². The Hall–Kier alpha value is -0.850. The summed E-state index contributed by atoms with van der Waals surface area (Å²) in [7, 11) is 0. The molecule has 18 heavy (non-hydrogen) atoms. The quantitative estimate of drug-likeness (QED) is 0.630. The molecule has 3 N–H and O–H groups in total. The van der Waals surface area contributed by atoms with E-state index in [0.717, 1.165) is 6.54 Å². The van der Waals surface area contributed by atoms with E-state index in [1.165, 1.54) is 0 Å². The van der Waals surface area contributed by atoms with Crippen LogP contribution in [0.4, 0.5) is 0 Å². The molecule has 0 saturated carbocycles. The zero-order chi connectivity index (χ0) is 12.7. The highest BCUT2D eigenvalue weighted by molar-refractivity contribution is 5.87. The zero-order valence-corrected chi connectivity index (χ0v) is 11.6. The van der Waals surface area contributed by atoms with Crippen LogP contribution in [0, 0.1) is 0 Å². The fraction of sp³-hybridized carbons (Fsp3) is 0.818. The van der Waals surface area contributed by atoms with Gasteiger partial charge < -0.3 is 20.7 Å². The molecule has 1 saturated heterocycles. The van der Waals surface area contributed by atoms with Gasteiger partial charge in [0.2, 0.25) is 11.8 Å². The topological polar surface area (TPSA) is 79.5 Å². The summed E-state index contributed by atoms with van der Waals surface area (Å²) in [4.78, 5) is 23.0. The van der Waals surface area contributed by atoms with Crippen LogP contribution in [0.2, 0.25) is 0 Å². The van der Waals surface area contributed by atoms with Crippen molar-refractivity contribution in [2.24, 2.45) is 0 Å². The van der Waals surface area contributed by atoms with Gasteiger partial charge in [-0.3, -0.25) is 9.59 Å². The number of carbonyl (C=O) groups excluding carboxylic acids is 2. The standard InChI is InChI=1S/C11H21N3O3.ClH/c1-3-12-11(16)8(2)14-10(15)6-9-7-17-5-4-13-9;/h8-9,13H,3-7H2,1-2H3,(H,12,16)(H,14,15);1H. The van der Waals surface area contributed by atoms with Crippen LogP contribution < -0.4 is 16.0 Å². The first-order valence-electron chi connectivity index (χ1n) is 6.01. The molecule has 0 aliphatic carbocycles. The molecule has 1 heterocycles. The summed E-state index contributed by atoms with van der Waals surface area (Å²) < 4.78 is 5.25. The van der Waals surface area contributed by atoms with Gasteiger partial charge >= 0.3 is 0 Å². The van der Waals surface area contributed by atoms with Crippen LogP contribution in [-0.2, 0) is 14.3 Å². The molecule has 1 aliphatic rings. The summed E-state index contributed by atoms with van der Waals surface area (Å²) in [5.41, 5.74) is 0. The van der Waals surface area contributed by atoms with Gasteiger partial charge in [0.15, 0.2) is 0 Å². The van der Waals surface area contributed by atoms with Gasteiger partial charge in [-0.05, 0) is 13.8 Å². The van der Waals surface area contributed by atoms with Crippen LogP contribution in [-0.4, -0.2) is 50.2 Å². The molecule has 6 nitrogen and oxygen atoms in total. The van der Waals surface area contributed by atoms with Crippen molar-refractivity contribution in [2.45, 2.75) is 32.4 Å². The van der Waals surface area contributed by atoms with Crippen LogP contribution >= 0.6 is 12.4 Å². The number of morpholine rings is 1. The Balaban J connectivity index is 0.00000289. The van der Waals surface area contributed by atoms with Crippen molar-refractivity contribution in [3.63, 3.8) is 0 Å². The summed E-state index contributed by atoms with van der Waals surface area (Å²) in [5.74, 6) is -0.291. The monoisotopic (exact) mass is 279 g/mol. The number of amides is 2. The lowest BCUT2D eigenvalue weighted by Gasteiger charge is -2.23. The van der Waals surface area contributed by atoms with E-state index in [2.05, 4.69) is 16.0 Å². The van der Waals surface area contributed by atoms with Gasteiger partial charge in [0.05, 0.1) is 13.2 Å². The van der Waals surface area contributed by atoms with Crippen LogP contribution in [0.25, 0.3) is 0 Å². The minimum Gasteiger partial charge on any atom is -0.378 e. The SMILES string of the molecule is CCNC(=O)C(C)NC(=O)CC1COCCN1.Cl. The molecule has 0 aromatic rings. The largest absolute Gasteiger partial charge is 0.378 e. The summed E-state index contributed by atoms with van der Waals surface area (Å²) in [6.07, 6.45) is 0.337. The number of rotatable bonds is 5. The van der Waals surface area contributed by atoms with Gasteiger partial charge in [-0.15, -0.1) is 12.4 Å². The third-order valence-corrected chi connectivity index (χ3v) is 2.55. The molecule has 1 aliphatic heterocycles. The maximum Gasteiger partial charge on any atom is 0.242 e. The van der Waals surface area contributed by atoms with Crippen LogP contribution in [0.3, 0.4) is 0 Å². The van der Waals surface area contributed by atoms with Crippen molar-refractivity contribution >= 4 is 24.2 Å². The lowest BCUT2D eigenvalue weighted by molar-refractivity contribution is -0.129. The molecule has 106 valence electrons. The average molecular weight is 280 g/mol. The van der Waals surface area contributed by atoms with Gasteiger partial charge in [0.1, 0.15) is 6.04 Å². The van der Waals surface area contributed by atoms with Crippen LogP contribution in [0.5, 0.6) is 0 Å². The molecular formula is C11H22ClN3O3. The molecule has 0 aromatic heterocycles. The van der Waals surface area contributed by atoms with Crippen LogP contribution in [0.1, 0.15) is 20.3 Å². The summed E-state index contributed by atoms with van der Waals surface area (Å²) >= 11 is 0. The Kier molecular flexibility index (Phi) is 8.70. The van der Waals surface area contributed by atoms with E-state index in [1.54, 1.807) is 6.92 Å². The van der Waals surface area contributed by atoms with E-state index in [4.69, 9.17) is 4.74 Å². The first-order chi connectivity index (χ1) is 8.13. The predicted octanol–water partition coefficient (Wildman–Crippen LogP) is -0.572. The van der Waals surface area contributed by atoms with Gasteiger partial charge in [0.25, 0.3) is 0 Å². The van der Waals surface area contributed by atoms with E-state index in [0.29, 0.717) is 26.2 Å². The average Bonchev–Trinajstić information content (AvgIpc) is 2.30. The third-order valence-electron chi connectivity index (χ3n) is 2.55. The Morgan fingerprint density at radius 2 is 2.22 bits per heavy atom. The highest BCUT2D eigenvalue weighted by Crippen LogP contribution is 1.98. The first-order valence-corrected chi connectivity index (χ1v) is 6.01. The van der Waals surface area contributed by atoms with Crippen molar-refractivity contribution < 1.29 is 14.3 Å². The molecule has 0 bridgehead atoms. The lowest BCUT2D eigenvalue weighted by atomic mass is 10.2. The number of hydrogen-bond acceptors (Lipinski definition) is 4. The van der Waals surface area contributed by atoms with E-state index >= 15 is 0 Å². The summed E-state index contributed by atoms with van der Waals surface area (Å²) in [5, 5.41) is 8.52. The van der Waals surface area contributed by atoms with Gasteiger partial charge in [-0.1, -0.05) is 0 Å². The molecule has 1 rings (SSSR count). The smallest absolute Gasteiger partial charge is 0.242 e. The fourth-order valence-electron chi connectivity index (χ4n) is 1.67. The second-order valence-corrected chi connectivity index (χ2v) is 4.11. The highest BCUT2D eigenvalue weighted by atomic mass is 35.5. The number of hydrogen-bond donors (Lipinski definition) is 3. The molecule has 1 fully saturated rings. The highest BCUT2D eigenvalue weighted by Gasteiger charge is 2.19. The Bertz CT molecular complexity index is 270. The summed E-state index contributed by atoms with van der Waals surface area (Å²) in [6, 6.07) is -0.447. The number of nitrogens with one attached hydrogen (secondary N) is 3. The molecule has 2 unspecified atom stereocenters. The van der Waals surface area contributed by atoms with Crippen molar-refractivity contribution in [1.29, 1.82) is 0 Å². The van der Waals surface area contributed by atoms with E-state index in [-0.39, 0.29) is 30.3 Å². The summed E-state index contributed by atoms with van der Waals surface area (Å²) in [6.45, 7) is 6.08. The lowest BCUT2D eigenvalue weighted by Crippen LogP contribution is -2.48. The Labute approximate surface area is 114 Å². The number of ether oxygens (including phenoxy) is 1. The second-order valence-electron chi connectivity index (χ2n) is 4.11. The minimum atomic E-state index is -0.494. The normalized spacial score (nSPS) is 20.4. The first kappa shape index (κ1) is 17.2. The van der Waals surface area contributed by atoms with Gasteiger partial charge in [-0.2, -0.15) is 0 Å². The van der Waals surface area contributed by atoms with Crippen molar-refractivity contribution in [3.8, 4) is 0 Å². The van der Waals surface area contributed by atoms with E-state index in [9.17, 15) is 9.59 Å². The van der Waals surface area contributed by atoms with Crippen molar-refractivity contribution in [3.05, 3.63) is 0 Å². The molecule has 0 aromatic carbocycles. The molecule has 2 amide bonds. The Morgan fingerprint density at radius 1 is 1.50 bits per heavy atom. The fourth-order valence-corrected chi connectivity index (χ4v) is 1.67. The third kappa shape index (κ3) is 6.18. The van der Waals surface area contributed by atoms with E-state index in [1.807, 2.05) is 6.92 Å². The van der Waals surface area contributed by atoms with E-state index < -0.39 is 6.04 Å². The number of carbonyl (C=O) groups is 2. The van der Waals surface area contributed by atoms with Crippen LogP contribution in [0.15, 0.2) is 0 Å². The van der Waals surface area contributed by atoms with Gasteiger partial charge in [-0.25, -0.2) is 0 Å². The minimum absolute atomic E-state index is 0. The van der Waals surface area contributed by atoms with Crippen molar-refractivity contribution in [2.75, 3.05) is 26.3 Å². The molecular weight excluding hydrogens is 258 g/mol. The molecule has 0 radical (unpaired) electrons. The molecule has 7 heteroatoms.